The number of rotatable bonds is 7. The number of halogens is 2. The van der Waals surface area contributed by atoms with Crippen LogP contribution in [0.15, 0.2) is 60.9 Å². The molecule has 2 fully saturated rings. The molecule has 6 rings (SSSR count). The summed E-state index contributed by atoms with van der Waals surface area (Å²) in [5, 5.41) is 61.2. The highest BCUT2D eigenvalue weighted by atomic mass is 32.2. The van der Waals surface area contributed by atoms with Crippen molar-refractivity contribution in [3.8, 4) is 22.5 Å². The Morgan fingerprint density at radius 2 is 1.48 bits per heavy atom. The van der Waals surface area contributed by atoms with Gasteiger partial charge in [-0.15, -0.1) is 22.0 Å². The summed E-state index contributed by atoms with van der Waals surface area (Å²) in [6, 6.07) is 10.4. The largest absolute Gasteiger partial charge is 0.394 e. The maximum absolute atomic E-state index is 13.8. The lowest BCUT2D eigenvalue weighted by molar-refractivity contribution is -0.179. The van der Waals surface area contributed by atoms with Crippen molar-refractivity contribution in [2.75, 3.05) is 6.61 Å². The minimum Gasteiger partial charge on any atom is -0.394 e. The Bertz CT molecular complexity index is 1610. The molecule has 234 valence electrons. The standard InChI is InChI=1S/C30H34F2N6O5S/c1-16-9-10-30(2,28(42)24(16)37-13-21(33-35-37)17-5-3-7-19(31)11-17)44-29-27(41)25(26(40)23(15-39)43-29)38-14-22(34-36-38)18-6-4-8-20(32)12-18/h3-8,11-14,16,23-29,39-42H,9-10,15H2,1-2H3/t16-,23?,24?,25?,26-,27?,28?,29-,30?/m0/s1. The number of aliphatic hydroxyl groups is 4. The summed E-state index contributed by atoms with van der Waals surface area (Å²) in [7, 11) is 0. The highest BCUT2D eigenvalue weighted by Gasteiger charge is 2.52. The molecule has 6 unspecified atom stereocenters. The van der Waals surface area contributed by atoms with Crippen LogP contribution in [0.5, 0.6) is 0 Å². The fourth-order valence-corrected chi connectivity index (χ4v) is 7.73. The SMILES string of the molecule is C[C@H]1CCC(C)(S[C@@H]2OC(CO)[C@H](O)C(n3cc(-c4cccc(F)c4)nn3)C2O)C(O)C1n1cc(-c2cccc(F)c2)nn1. The molecule has 11 nitrogen and oxygen atoms in total. The third-order valence-electron chi connectivity index (χ3n) is 8.73. The summed E-state index contributed by atoms with van der Waals surface area (Å²) in [6.45, 7) is 3.38. The van der Waals surface area contributed by atoms with Crippen LogP contribution in [0, 0.1) is 17.6 Å². The average Bonchev–Trinajstić information content (AvgIpc) is 3.68. The molecule has 1 saturated heterocycles. The molecule has 1 aliphatic heterocycles. The van der Waals surface area contributed by atoms with Crippen LogP contribution in [-0.2, 0) is 4.74 Å². The molecule has 0 bridgehead atoms. The minimum absolute atomic E-state index is 0.0223. The second-order valence-corrected chi connectivity index (χ2v) is 13.4. The first-order valence-electron chi connectivity index (χ1n) is 14.4. The van der Waals surface area contributed by atoms with E-state index in [1.165, 1.54) is 46.9 Å². The van der Waals surface area contributed by atoms with E-state index in [1.54, 1.807) is 35.1 Å². The molecule has 2 aromatic carbocycles. The molecule has 14 heteroatoms. The molecule has 4 N–H and O–H groups in total. The van der Waals surface area contributed by atoms with Gasteiger partial charge >= 0.3 is 0 Å². The highest BCUT2D eigenvalue weighted by molar-refractivity contribution is 8.01. The summed E-state index contributed by atoms with van der Waals surface area (Å²) in [6.07, 6.45) is -0.157. The monoisotopic (exact) mass is 628 g/mol. The highest BCUT2D eigenvalue weighted by Crippen LogP contribution is 2.50. The fourth-order valence-electron chi connectivity index (χ4n) is 6.19. The van der Waals surface area contributed by atoms with Gasteiger partial charge < -0.3 is 25.2 Å². The van der Waals surface area contributed by atoms with E-state index < -0.39 is 59.1 Å². The van der Waals surface area contributed by atoms with Crippen LogP contribution in [0.1, 0.15) is 38.8 Å². The van der Waals surface area contributed by atoms with E-state index in [4.69, 9.17) is 4.74 Å². The molecule has 44 heavy (non-hydrogen) atoms. The topological polar surface area (TPSA) is 152 Å². The van der Waals surface area contributed by atoms with E-state index in [2.05, 4.69) is 20.6 Å². The summed E-state index contributed by atoms with van der Waals surface area (Å²) in [5.41, 5.74) is 0.900. The third kappa shape index (κ3) is 5.77. The van der Waals surface area contributed by atoms with E-state index in [0.29, 0.717) is 28.9 Å². The number of aliphatic hydroxyl groups excluding tert-OH is 4. The number of thioether (sulfide) groups is 1. The normalized spacial score (nSPS) is 32.5. The number of aromatic nitrogens is 6. The molecule has 3 heterocycles. The molecule has 0 amide bonds. The molecule has 2 aliphatic rings. The Kier molecular flexibility index (Phi) is 8.56. The van der Waals surface area contributed by atoms with Crippen LogP contribution in [0.4, 0.5) is 8.78 Å². The van der Waals surface area contributed by atoms with E-state index in [-0.39, 0.29) is 11.7 Å². The maximum atomic E-state index is 13.8. The van der Waals surface area contributed by atoms with Crippen molar-refractivity contribution >= 4 is 11.8 Å². The zero-order chi connectivity index (χ0) is 31.2. The lowest BCUT2D eigenvalue weighted by Gasteiger charge is -2.49. The minimum atomic E-state index is -1.33. The maximum Gasteiger partial charge on any atom is 0.132 e. The van der Waals surface area contributed by atoms with Crippen LogP contribution in [0.2, 0.25) is 0 Å². The molecule has 1 saturated carbocycles. The van der Waals surface area contributed by atoms with Crippen molar-refractivity contribution in [1.29, 1.82) is 0 Å². The van der Waals surface area contributed by atoms with Crippen LogP contribution < -0.4 is 0 Å². The van der Waals surface area contributed by atoms with Gasteiger partial charge in [0.25, 0.3) is 0 Å². The second-order valence-electron chi connectivity index (χ2n) is 11.8. The summed E-state index contributed by atoms with van der Waals surface area (Å²) < 4.78 is 35.7. The zero-order valence-electron chi connectivity index (χ0n) is 24.1. The number of benzene rings is 2. The van der Waals surface area contributed by atoms with E-state index in [1.807, 2.05) is 13.8 Å². The first-order valence-corrected chi connectivity index (χ1v) is 15.3. The average molecular weight is 629 g/mol. The summed E-state index contributed by atoms with van der Waals surface area (Å²) >= 11 is 1.22. The Morgan fingerprint density at radius 1 is 0.909 bits per heavy atom. The predicted octanol–water partition coefficient (Wildman–Crippen LogP) is 2.99. The quantitative estimate of drug-likeness (QED) is 0.240. The Hall–Kier alpha value is -3.27. The predicted molar refractivity (Wildman–Crippen MR) is 157 cm³/mol. The molecule has 2 aromatic heterocycles. The van der Waals surface area contributed by atoms with Crippen molar-refractivity contribution in [3.63, 3.8) is 0 Å². The van der Waals surface area contributed by atoms with Crippen LogP contribution in [0.3, 0.4) is 0 Å². The van der Waals surface area contributed by atoms with Gasteiger partial charge in [-0.05, 0) is 49.9 Å². The summed E-state index contributed by atoms with van der Waals surface area (Å²) in [5.74, 6) is -0.809. The zero-order valence-corrected chi connectivity index (χ0v) is 24.9. The Labute approximate surface area is 256 Å². The molecule has 4 aromatic rings. The number of ether oxygens (including phenoxy) is 1. The first kappa shape index (κ1) is 30.7. The van der Waals surface area contributed by atoms with Crippen molar-refractivity contribution in [3.05, 3.63) is 72.6 Å². The van der Waals surface area contributed by atoms with Gasteiger partial charge in [-0.25, -0.2) is 18.1 Å². The van der Waals surface area contributed by atoms with Crippen LogP contribution in [0.25, 0.3) is 22.5 Å². The first-order chi connectivity index (χ1) is 21.1. The van der Waals surface area contributed by atoms with Crippen molar-refractivity contribution in [2.24, 2.45) is 5.92 Å². The van der Waals surface area contributed by atoms with Gasteiger partial charge in [0.2, 0.25) is 0 Å². The van der Waals surface area contributed by atoms with Crippen molar-refractivity contribution < 1.29 is 33.9 Å². The fraction of sp³-hybridized carbons (Fsp3) is 0.467. The summed E-state index contributed by atoms with van der Waals surface area (Å²) in [4.78, 5) is 0. The van der Waals surface area contributed by atoms with Crippen LogP contribution in [-0.4, -0.2) is 91.6 Å². The molecule has 9 atom stereocenters. The van der Waals surface area contributed by atoms with E-state index in [9.17, 15) is 29.2 Å². The lowest BCUT2D eigenvalue weighted by Crippen LogP contribution is -2.57. The second kappa shape index (κ2) is 12.3. The van der Waals surface area contributed by atoms with E-state index in [0.717, 1.165) is 6.42 Å². The smallest absolute Gasteiger partial charge is 0.132 e. The van der Waals surface area contributed by atoms with E-state index >= 15 is 0 Å². The van der Waals surface area contributed by atoms with Gasteiger partial charge in [0.15, 0.2) is 0 Å². The van der Waals surface area contributed by atoms with Gasteiger partial charge in [-0.2, -0.15) is 0 Å². The number of hydrogen-bond donors (Lipinski definition) is 4. The van der Waals surface area contributed by atoms with Gasteiger partial charge in [0.1, 0.15) is 52.8 Å². The lowest BCUT2D eigenvalue weighted by atomic mass is 9.77. The van der Waals surface area contributed by atoms with Gasteiger partial charge in [-0.3, -0.25) is 0 Å². The number of hydrogen-bond acceptors (Lipinski definition) is 10. The van der Waals surface area contributed by atoms with Crippen LogP contribution >= 0.6 is 11.8 Å². The van der Waals surface area contributed by atoms with Gasteiger partial charge in [-0.1, -0.05) is 41.6 Å². The van der Waals surface area contributed by atoms with Crippen molar-refractivity contribution in [1.82, 2.24) is 30.0 Å². The molecule has 0 radical (unpaired) electrons. The third-order valence-corrected chi connectivity index (χ3v) is 10.3. The van der Waals surface area contributed by atoms with Crippen molar-refractivity contribution in [2.45, 2.75) is 73.4 Å². The molecular weight excluding hydrogens is 594 g/mol. The van der Waals surface area contributed by atoms with Gasteiger partial charge in [0, 0.05) is 15.9 Å². The van der Waals surface area contributed by atoms with Gasteiger partial charge in [0.05, 0.1) is 31.1 Å². The Balaban J connectivity index is 1.24. The number of nitrogens with zero attached hydrogens (tertiary/aromatic N) is 6. The Morgan fingerprint density at radius 3 is 2.02 bits per heavy atom. The molecule has 1 aliphatic carbocycles. The molecular formula is C30H34F2N6O5S. The molecule has 0 spiro atoms.